The second kappa shape index (κ2) is 13.4. The third-order valence-corrected chi connectivity index (χ3v) is 11.6. The van der Waals surface area contributed by atoms with E-state index in [1.807, 2.05) is 6.08 Å². The average molecular weight is 686 g/mol. The van der Waals surface area contributed by atoms with Gasteiger partial charge in [-0.15, -0.1) is 6.42 Å². The summed E-state index contributed by atoms with van der Waals surface area (Å²) >= 11 is 0. The summed E-state index contributed by atoms with van der Waals surface area (Å²) in [5, 5.41) is 1.19. The molecule has 2 unspecified atom stereocenters. The molecule has 0 saturated carbocycles. The van der Waals surface area contributed by atoms with Crippen molar-refractivity contribution in [1.82, 2.24) is 4.57 Å². The molecule has 0 N–H and O–H groups in total. The van der Waals surface area contributed by atoms with Gasteiger partial charge in [-0.3, -0.25) is 0 Å². The number of hydrogen-bond donors (Lipinski definition) is 0. The maximum absolute atomic E-state index is 5.58. The van der Waals surface area contributed by atoms with Crippen LogP contribution in [0.1, 0.15) is 49.4 Å². The second-order valence-corrected chi connectivity index (χ2v) is 14.6. The summed E-state index contributed by atoms with van der Waals surface area (Å²) in [7, 11) is 0. The molecular formula is C50H43N3. The topological polar surface area (TPSA) is 11.4 Å². The van der Waals surface area contributed by atoms with Crippen LogP contribution >= 0.6 is 0 Å². The molecular weight excluding hydrogens is 643 g/mol. The zero-order valence-electron chi connectivity index (χ0n) is 30.4. The van der Waals surface area contributed by atoms with E-state index in [-0.39, 0.29) is 5.41 Å². The van der Waals surface area contributed by atoms with Crippen molar-refractivity contribution < 1.29 is 0 Å². The zero-order valence-corrected chi connectivity index (χ0v) is 30.4. The first-order valence-corrected chi connectivity index (χ1v) is 18.8. The van der Waals surface area contributed by atoms with Crippen LogP contribution in [0, 0.1) is 19.3 Å². The number of terminal acetylenes is 1. The highest BCUT2D eigenvalue weighted by atomic mass is 15.2. The molecule has 3 nitrogen and oxygen atoms in total. The van der Waals surface area contributed by atoms with Gasteiger partial charge in [0.15, 0.2) is 0 Å². The Hall–Kier alpha value is -6.24. The van der Waals surface area contributed by atoms with Gasteiger partial charge in [-0.05, 0) is 128 Å². The van der Waals surface area contributed by atoms with Crippen LogP contribution in [0.2, 0.25) is 0 Å². The number of para-hydroxylation sites is 2. The maximum Gasteiger partial charge on any atom is 0.0617 e. The van der Waals surface area contributed by atoms with Gasteiger partial charge in [0.25, 0.3) is 0 Å². The van der Waals surface area contributed by atoms with Crippen molar-refractivity contribution in [3.05, 3.63) is 180 Å². The van der Waals surface area contributed by atoms with Crippen LogP contribution in [-0.2, 0) is 5.41 Å². The minimum Gasteiger partial charge on any atom is -0.333 e. The van der Waals surface area contributed by atoms with E-state index in [0.717, 1.165) is 41.9 Å². The molecule has 0 spiro atoms. The maximum atomic E-state index is 5.58. The third-order valence-electron chi connectivity index (χ3n) is 11.6. The van der Waals surface area contributed by atoms with Gasteiger partial charge in [0, 0.05) is 56.2 Å². The summed E-state index contributed by atoms with van der Waals surface area (Å²) in [6.07, 6.45) is 25.5. The highest BCUT2D eigenvalue weighted by Crippen LogP contribution is 2.53. The number of fused-ring (bicyclic) bond motifs is 4. The predicted octanol–water partition coefficient (Wildman–Crippen LogP) is 12.8. The van der Waals surface area contributed by atoms with E-state index < -0.39 is 0 Å². The Kier molecular flexibility index (Phi) is 8.25. The number of rotatable bonds is 7. The van der Waals surface area contributed by atoms with Crippen LogP contribution in [-0.4, -0.2) is 10.6 Å². The molecule has 258 valence electrons. The van der Waals surface area contributed by atoms with Crippen LogP contribution in [0.3, 0.4) is 0 Å². The smallest absolute Gasteiger partial charge is 0.0617 e. The van der Waals surface area contributed by atoms with Gasteiger partial charge in [0.05, 0.1) is 11.6 Å². The Balaban J connectivity index is 1.02. The standard InChI is InChI=1S/C50H43N3/c1-4-5-17-44-36(2)51(47-20-11-9-18-45(44)47)40-31-33-42(34-32-40)52(39-15-7-6-8-16-39)41-27-23-37(24-28-41)38-25-29-43(30-26-38)53-48-21-12-10-19-46(48)50(3)35-14-13-22-49(50)53/h1,5,7,9-13,15-34,49H,6,8,14,35H2,2-3H3/b17-5-. The Morgan fingerprint density at radius 1 is 0.755 bits per heavy atom. The number of benzene rings is 5. The fourth-order valence-electron chi connectivity index (χ4n) is 8.90. The fourth-order valence-corrected chi connectivity index (χ4v) is 8.90. The molecule has 3 heteroatoms. The van der Waals surface area contributed by atoms with E-state index in [9.17, 15) is 0 Å². The molecule has 9 rings (SSSR count). The van der Waals surface area contributed by atoms with Gasteiger partial charge in [0.1, 0.15) is 0 Å². The molecule has 0 amide bonds. The molecule has 3 aliphatic rings. The normalized spacial score (nSPS) is 18.9. The van der Waals surface area contributed by atoms with Crippen molar-refractivity contribution in [2.75, 3.05) is 9.80 Å². The minimum absolute atomic E-state index is 0.133. The summed E-state index contributed by atoms with van der Waals surface area (Å²) in [5.41, 5.74) is 14.7. The van der Waals surface area contributed by atoms with E-state index in [1.54, 1.807) is 6.08 Å². The lowest BCUT2D eigenvalue weighted by atomic mass is 9.72. The summed E-state index contributed by atoms with van der Waals surface area (Å²) in [6.45, 7) is 4.60. The Morgan fingerprint density at radius 3 is 2.17 bits per heavy atom. The van der Waals surface area contributed by atoms with Gasteiger partial charge in [-0.2, -0.15) is 0 Å². The predicted molar refractivity (Wildman–Crippen MR) is 224 cm³/mol. The first-order valence-electron chi connectivity index (χ1n) is 18.8. The van der Waals surface area contributed by atoms with Gasteiger partial charge in [-0.25, -0.2) is 0 Å². The monoisotopic (exact) mass is 685 g/mol. The summed E-state index contributed by atoms with van der Waals surface area (Å²) < 4.78 is 2.33. The highest BCUT2D eigenvalue weighted by molar-refractivity contribution is 5.93. The van der Waals surface area contributed by atoms with E-state index in [4.69, 9.17) is 6.42 Å². The van der Waals surface area contributed by atoms with Crippen molar-refractivity contribution in [2.45, 2.75) is 51.0 Å². The number of allylic oxidation sites excluding steroid dienone is 5. The molecule has 2 aliphatic carbocycles. The molecule has 0 radical (unpaired) electrons. The van der Waals surface area contributed by atoms with Crippen LogP contribution in [0.5, 0.6) is 0 Å². The lowest BCUT2D eigenvalue weighted by molar-refractivity contribution is 0.401. The van der Waals surface area contributed by atoms with Crippen molar-refractivity contribution in [1.29, 1.82) is 0 Å². The Bertz CT molecular complexity index is 2480. The first-order chi connectivity index (χ1) is 26.0. The lowest BCUT2D eigenvalue weighted by Crippen LogP contribution is -2.41. The van der Waals surface area contributed by atoms with Gasteiger partial charge < -0.3 is 14.4 Å². The average Bonchev–Trinajstić information content (AvgIpc) is 3.65. The van der Waals surface area contributed by atoms with E-state index in [0.29, 0.717) is 6.04 Å². The Morgan fingerprint density at radius 2 is 1.43 bits per heavy atom. The SMILES string of the molecule is C#C/C=C\c1c(C)n(-c2ccc(N(C3=CCCC=C3)c3ccc(-c4ccc(N5c6ccccc6C6(C)CCC=CC56)cc4)cc3)cc2)c2ccccc12. The van der Waals surface area contributed by atoms with Crippen molar-refractivity contribution in [3.8, 4) is 29.2 Å². The molecule has 6 aromatic rings. The van der Waals surface area contributed by atoms with Crippen LogP contribution < -0.4 is 9.80 Å². The van der Waals surface area contributed by atoms with E-state index in [2.05, 4.69) is 186 Å². The van der Waals surface area contributed by atoms with Gasteiger partial charge >= 0.3 is 0 Å². The molecule has 1 aromatic heterocycles. The number of nitrogens with zero attached hydrogens (tertiary/aromatic N) is 3. The molecule has 5 aromatic carbocycles. The molecule has 2 atom stereocenters. The van der Waals surface area contributed by atoms with Crippen molar-refractivity contribution >= 4 is 39.7 Å². The lowest BCUT2D eigenvalue weighted by Gasteiger charge is -2.37. The van der Waals surface area contributed by atoms with Gasteiger partial charge in [-0.1, -0.05) is 97.8 Å². The van der Waals surface area contributed by atoms with E-state index >= 15 is 0 Å². The van der Waals surface area contributed by atoms with Crippen LogP contribution in [0.4, 0.5) is 22.7 Å². The molecule has 0 saturated heterocycles. The minimum atomic E-state index is 0.133. The van der Waals surface area contributed by atoms with Gasteiger partial charge in [0.2, 0.25) is 0 Å². The summed E-state index contributed by atoms with van der Waals surface area (Å²) in [5.74, 6) is 2.65. The summed E-state index contributed by atoms with van der Waals surface area (Å²) in [6, 6.07) is 44.9. The van der Waals surface area contributed by atoms with Crippen molar-refractivity contribution in [2.24, 2.45) is 0 Å². The zero-order chi connectivity index (χ0) is 35.9. The molecule has 1 aliphatic heterocycles. The Labute approximate surface area is 313 Å². The molecule has 0 bridgehead atoms. The number of anilines is 4. The molecule has 2 heterocycles. The largest absolute Gasteiger partial charge is 0.333 e. The number of hydrogen-bond acceptors (Lipinski definition) is 2. The second-order valence-electron chi connectivity index (χ2n) is 14.6. The number of aromatic nitrogens is 1. The molecule has 0 fully saturated rings. The van der Waals surface area contributed by atoms with E-state index in [1.165, 1.54) is 56.8 Å². The van der Waals surface area contributed by atoms with Crippen LogP contribution in [0.25, 0.3) is 33.8 Å². The van der Waals surface area contributed by atoms with Crippen molar-refractivity contribution in [3.63, 3.8) is 0 Å². The highest BCUT2D eigenvalue weighted by Gasteiger charge is 2.47. The van der Waals surface area contributed by atoms with Crippen LogP contribution in [0.15, 0.2) is 163 Å². The third kappa shape index (κ3) is 5.54. The fraction of sp³-hybridized carbons (Fsp3) is 0.160. The first kappa shape index (κ1) is 32.7. The summed E-state index contributed by atoms with van der Waals surface area (Å²) in [4.78, 5) is 4.91. The quantitative estimate of drug-likeness (QED) is 0.122. The molecule has 53 heavy (non-hydrogen) atoms.